The molecule has 1 aromatic carbocycles. The maximum absolute atomic E-state index is 14.0. The highest BCUT2D eigenvalue weighted by Gasteiger charge is 2.16. The molecule has 0 heterocycles. The summed E-state index contributed by atoms with van der Waals surface area (Å²) < 4.78 is 14.0. The topological polar surface area (TPSA) is 0 Å². The fourth-order valence-electron chi connectivity index (χ4n) is 3.02. The molecule has 1 aliphatic rings. The summed E-state index contributed by atoms with van der Waals surface area (Å²) in [6.07, 6.45) is 10.9. The Labute approximate surface area is 111 Å². The first-order valence-corrected chi connectivity index (χ1v) is 7.59. The molecule has 0 saturated heterocycles. The molecule has 2 rings (SSSR count). The predicted molar refractivity (Wildman–Crippen MR) is 75.5 cm³/mol. The highest BCUT2D eigenvalue weighted by molar-refractivity contribution is 5.27. The Morgan fingerprint density at radius 2 is 1.89 bits per heavy atom. The number of halogens is 1. The average molecular weight is 248 g/mol. The number of unbranched alkanes of at least 4 members (excludes halogenated alkanes) is 2. The van der Waals surface area contributed by atoms with E-state index in [1.807, 2.05) is 6.07 Å². The van der Waals surface area contributed by atoms with Gasteiger partial charge in [-0.3, -0.25) is 0 Å². The van der Waals surface area contributed by atoms with Crippen molar-refractivity contribution in [2.45, 2.75) is 70.6 Å². The van der Waals surface area contributed by atoms with Crippen LogP contribution in [0.3, 0.4) is 0 Å². The van der Waals surface area contributed by atoms with E-state index in [2.05, 4.69) is 13.0 Å². The fourth-order valence-corrected chi connectivity index (χ4v) is 3.02. The van der Waals surface area contributed by atoms with Gasteiger partial charge in [-0.15, -0.1) is 0 Å². The third-order valence-electron chi connectivity index (χ3n) is 4.20. The van der Waals surface area contributed by atoms with Crippen LogP contribution in [0.25, 0.3) is 0 Å². The van der Waals surface area contributed by atoms with E-state index in [1.165, 1.54) is 50.5 Å². The van der Waals surface area contributed by atoms with E-state index in [1.54, 1.807) is 6.07 Å². The standard InChI is InChI=1S/C17H25F/c1-2-3-5-10-15-11-12-16(13-17(15)18)14-8-6-4-7-9-14/h11-14H,2-10H2,1H3. The molecule has 0 bridgehead atoms. The van der Waals surface area contributed by atoms with Gasteiger partial charge in [0, 0.05) is 0 Å². The molecule has 0 atom stereocenters. The molecule has 0 amide bonds. The van der Waals surface area contributed by atoms with Gasteiger partial charge < -0.3 is 0 Å². The van der Waals surface area contributed by atoms with Crippen molar-refractivity contribution in [3.05, 3.63) is 35.1 Å². The lowest BCUT2D eigenvalue weighted by molar-refractivity contribution is 0.441. The van der Waals surface area contributed by atoms with E-state index in [9.17, 15) is 4.39 Å². The normalized spacial score (nSPS) is 17.0. The molecule has 0 spiro atoms. The highest BCUT2D eigenvalue weighted by atomic mass is 19.1. The van der Waals surface area contributed by atoms with Crippen LogP contribution in [0.2, 0.25) is 0 Å². The quantitative estimate of drug-likeness (QED) is 0.594. The van der Waals surface area contributed by atoms with Crippen LogP contribution >= 0.6 is 0 Å². The van der Waals surface area contributed by atoms with E-state index < -0.39 is 0 Å². The van der Waals surface area contributed by atoms with Gasteiger partial charge in [0.2, 0.25) is 0 Å². The van der Waals surface area contributed by atoms with Crippen LogP contribution in [0.4, 0.5) is 4.39 Å². The lowest BCUT2D eigenvalue weighted by Gasteiger charge is -2.22. The van der Waals surface area contributed by atoms with E-state index in [-0.39, 0.29) is 5.82 Å². The molecule has 100 valence electrons. The number of hydrogen-bond acceptors (Lipinski definition) is 0. The van der Waals surface area contributed by atoms with Crippen molar-refractivity contribution < 1.29 is 4.39 Å². The minimum absolute atomic E-state index is 0.0224. The summed E-state index contributed by atoms with van der Waals surface area (Å²) in [7, 11) is 0. The van der Waals surface area contributed by atoms with E-state index in [4.69, 9.17) is 0 Å². The Hall–Kier alpha value is -0.850. The first-order valence-electron chi connectivity index (χ1n) is 7.59. The second-order valence-corrected chi connectivity index (χ2v) is 5.64. The molecular weight excluding hydrogens is 223 g/mol. The Kier molecular flexibility index (Phi) is 5.22. The molecule has 0 radical (unpaired) electrons. The van der Waals surface area contributed by atoms with Crippen LogP contribution in [0.5, 0.6) is 0 Å². The van der Waals surface area contributed by atoms with Crippen molar-refractivity contribution in [3.8, 4) is 0 Å². The molecule has 1 fully saturated rings. The molecular formula is C17H25F. The maximum atomic E-state index is 14.0. The minimum Gasteiger partial charge on any atom is -0.207 e. The number of aryl methyl sites for hydroxylation is 1. The molecule has 0 aromatic heterocycles. The lowest BCUT2D eigenvalue weighted by Crippen LogP contribution is -2.05. The second-order valence-electron chi connectivity index (χ2n) is 5.64. The van der Waals surface area contributed by atoms with E-state index in [0.29, 0.717) is 5.92 Å². The largest absolute Gasteiger partial charge is 0.207 e. The summed E-state index contributed by atoms with van der Waals surface area (Å²) in [5.74, 6) is 0.632. The van der Waals surface area contributed by atoms with Crippen LogP contribution in [0.15, 0.2) is 18.2 Å². The monoisotopic (exact) mass is 248 g/mol. The summed E-state index contributed by atoms with van der Waals surface area (Å²) in [5.41, 5.74) is 2.13. The van der Waals surface area contributed by atoms with E-state index in [0.717, 1.165) is 18.4 Å². The van der Waals surface area contributed by atoms with Crippen LogP contribution < -0.4 is 0 Å². The van der Waals surface area contributed by atoms with Gasteiger partial charge in [-0.1, -0.05) is 51.2 Å². The van der Waals surface area contributed by atoms with Gasteiger partial charge >= 0.3 is 0 Å². The Balaban J connectivity index is 1.99. The molecule has 1 aliphatic carbocycles. The summed E-state index contributed by atoms with van der Waals surface area (Å²) in [6.45, 7) is 2.18. The Morgan fingerprint density at radius 1 is 1.11 bits per heavy atom. The summed E-state index contributed by atoms with van der Waals surface area (Å²) >= 11 is 0. The van der Waals surface area contributed by atoms with Gasteiger partial charge in [0.05, 0.1) is 0 Å². The second kappa shape index (κ2) is 6.92. The van der Waals surface area contributed by atoms with Crippen LogP contribution in [0, 0.1) is 5.82 Å². The first kappa shape index (κ1) is 13.6. The third kappa shape index (κ3) is 3.57. The van der Waals surface area contributed by atoms with Gasteiger partial charge in [-0.25, -0.2) is 4.39 Å². The van der Waals surface area contributed by atoms with Crippen LogP contribution in [-0.4, -0.2) is 0 Å². The molecule has 1 saturated carbocycles. The molecule has 0 unspecified atom stereocenters. The smallest absolute Gasteiger partial charge is 0.126 e. The molecule has 18 heavy (non-hydrogen) atoms. The zero-order chi connectivity index (χ0) is 12.8. The minimum atomic E-state index is 0.0224. The fraction of sp³-hybridized carbons (Fsp3) is 0.647. The van der Waals surface area contributed by atoms with Crippen molar-refractivity contribution >= 4 is 0 Å². The predicted octanol–water partition coefficient (Wildman–Crippen LogP) is 5.61. The zero-order valence-electron chi connectivity index (χ0n) is 11.6. The first-order chi connectivity index (χ1) is 8.81. The Morgan fingerprint density at radius 3 is 2.56 bits per heavy atom. The van der Waals surface area contributed by atoms with Gasteiger partial charge in [0.15, 0.2) is 0 Å². The summed E-state index contributed by atoms with van der Waals surface area (Å²) in [5, 5.41) is 0. The number of rotatable bonds is 5. The Bertz CT molecular complexity index is 364. The van der Waals surface area contributed by atoms with Crippen molar-refractivity contribution in [1.29, 1.82) is 0 Å². The lowest BCUT2D eigenvalue weighted by atomic mass is 9.83. The molecule has 1 heteroatoms. The SMILES string of the molecule is CCCCCc1ccc(C2CCCCC2)cc1F. The number of benzene rings is 1. The summed E-state index contributed by atoms with van der Waals surface area (Å²) in [6, 6.07) is 5.99. The van der Waals surface area contributed by atoms with Crippen molar-refractivity contribution in [2.75, 3.05) is 0 Å². The molecule has 0 aliphatic heterocycles. The van der Waals surface area contributed by atoms with Crippen molar-refractivity contribution in [3.63, 3.8) is 0 Å². The van der Waals surface area contributed by atoms with Gasteiger partial charge in [-0.2, -0.15) is 0 Å². The van der Waals surface area contributed by atoms with Crippen molar-refractivity contribution in [1.82, 2.24) is 0 Å². The summed E-state index contributed by atoms with van der Waals surface area (Å²) in [4.78, 5) is 0. The van der Waals surface area contributed by atoms with E-state index >= 15 is 0 Å². The highest BCUT2D eigenvalue weighted by Crippen LogP contribution is 2.33. The number of hydrogen-bond donors (Lipinski definition) is 0. The van der Waals surface area contributed by atoms with Gasteiger partial charge in [0.25, 0.3) is 0 Å². The molecule has 1 aromatic rings. The van der Waals surface area contributed by atoms with Crippen LogP contribution in [0.1, 0.15) is 75.3 Å². The van der Waals surface area contributed by atoms with Gasteiger partial charge in [-0.05, 0) is 48.8 Å². The molecule has 0 N–H and O–H groups in total. The van der Waals surface area contributed by atoms with Crippen LogP contribution in [-0.2, 0) is 6.42 Å². The zero-order valence-corrected chi connectivity index (χ0v) is 11.6. The molecule has 0 nitrogen and oxygen atoms in total. The average Bonchev–Trinajstić information content (AvgIpc) is 2.42. The third-order valence-corrected chi connectivity index (χ3v) is 4.20. The maximum Gasteiger partial charge on any atom is 0.126 e. The van der Waals surface area contributed by atoms with Gasteiger partial charge in [0.1, 0.15) is 5.82 Å². The van der Waals surface area contributed by atoms with Crippen molar-refractivity contribution in [2.24, 2.45) is 0 Å².